The first-order chi connectivity index (χ1) is 5.88. The van der Waals surface area contributed by atoms with Crippen LogP contribution in [0.2, 0.25) is 0 Å². The van der Waals surface area contributed by atoms with Gasteiger partial charge in [0, 0.05) is 5.56 Å². The van der Waals surface area contributed by atoms with Crippen molar-refractivity contribution in [2.45, 2.75) is 6.61 Å². The van der Waals surface area contributed by atoms with E-state index in [1.54, 1.807) is 30.5 Å². The highest BCUT2D eigenvalue weighted by Gasteiger charge is 1.99. The van der Waals surface area contributed by atoms with Gasteiger partial charge >= 0.3 is 0 Å². The maximum atomic E-state index is 8.63. The molecule has 0 aliphatic heterocycles. The number of nitriles is 2. The van der Waals surface area contributed by atoms with Crippen LogP contribution in [0.1, 0.15) is 11.1 Å². The van der Waals surface area contributed by atoms with Crippen LogP contribution in [0.3, 0.4) is 0 Å². The fraction of sp³-hybridized carbons (Fsp3) is 0.111. The van der Waals surface area contributed by atoms with Gasteiger partial charge in [0.05, 0.1) is 11.6 Å². The summed E-state index contributed by atoms with van der Waals surface area (Å²) in [6, 6.07) is 9.04. The summed E-state index contributed by atoms with van der Waals surface area (Å²) in [7, 11) is 0. The standard InChI is InChI=1S/C9H6N2O/c10-5-8-3-1-2-4-9(8)6-12-7-11/h1-4H,6H2. The Morgan fingerprint density at radius 3 is 2.67 bits per heavy atom. The number of rotatable bonds is 2. The van der Waals surface area contributed by atoms with E-state index in [9.17, 15) is 0 Å². The SMILES string of the molecule is N#COCc1ccccc1C#N. The first-order valence-electron chi connectivity index (χ1n) is 3.37. The van der Waals surface area contributed by atoms with E-state index >= 15 is 0 Å². The first-order valence-corrected chi connectivity index (χ1v) is 3.37. The third-order valence-electron chi connectivity index (χ3n) is 1.43. The monoisotopic (exact) mass is 158 g/mol. The topological polar surface area (TPSA) is 56.8 Å². The zero-order valence-corrected chi connectivity index (χ0v) is 6.32. The Morgan fingerprint density at radius 2 is 2.00 bits per heavy atom. The Bertz CT molecular complexity index is 346. The molecule has 0 bridgehead atoms. The molecule has 0 saturated carbocycles. The lowest BCUT2D eigenvalue weighted by molar-refractivity contribution is 0.257. The molecule has 1 aromatic rings. The molecule has 0 aromatic heterocycles. The molecule has 0 aliphatic carbocycles. The number of nitrogens with zero attached hydrogens (tertiary/aromatic N) is 2. The van der Waals surface area contributed by atoms with E-state index in [0.717, 1.165) is 5.56 Å². The summed E-state index contributed by atoms with van der Waals surface area (Å²) in [4.78, 5) is 0. The van der Waals surface area contributed by atoms with Gasteiger partial charge in [-0.1, -0.05) is 18.2 Å². The fourth-order valence-electron chi connectivity index (χ4n) is 0.865. The molecule has 0 fully saturated rings. The van der Waals surface area contributed by atoms with Crippen LogP contribution in [0, 0.1) is 22.8 Å². The van der Waals surface area contributed by atoms with Crippen molar-refractivity contribution in [2.75, 3.05) is 0 Å². The molecule has 0 heterocycles. The van der Waals surface area contributed by atoms with Crippen molar-refractivity contribution >= 4 is 0 Å². The third-order valence-corrected chi connectivity index (χ3v) is 1.43. The van der Waals surface area contributed by atoms with Crippen molar-refractivity contribution in [1.82, 2.24) is 0 Å². The quantitative estimate of drug-likeness (QED) is 0.613. The van der Waals surface area contributed by atoms with Gasteiger partial charge in [0.25, 0.3) is 6.26 Å². The highest BCUT2D eigenvalue weighted by atomic mass is 16.5. The largest absolute Gasteiger partial charge is 0.423 e. The van der Waals surface area contributed by atoms with E-state index < -0.39 is 0 Å². The molecule has 58 valence electrons. The van der Waals surface area contributed by atoms with Crippen LogP contribution in [0.15, 0.2) is 24.3 Å². The van der Waals surface area contributed by atoms with E-state index in [0.29, 0.717) is 5.56 Å². The predicted molar refractivity (Wildman–Crippen MR) is 41.6 cm³/mol. The van der Waals surface area contributed by atoms with Crippen molar-refractivity contribution in [3.63, 3.8) is 0 Å². The summed E-state index contributed by atoms with van der Waals surface area (Å²) < 4.78 is 4.52. The van der Waals surface area contributed by atoms with Gasteiger partial charge in [-0.25, -0.2) is 0 Å². The zero-order chi connectivity index (χ0) is 8.81. The minimum absolute atomic E-state index is 0.167. The Labute approximate surface area is 70.4 Å². The Hall–Kier alpha value is -2.00. The molecule has 1 aromatic carbocycles. The summed E-state index contributed by atoms with van der Waals surface area (Å²) in [6.45, 7) is 0.167. The Morgan fingerprint density at radius 1 is 1.25 bits per heavy atom. The summed E-state index contributed by atoms with van der Waals surface area (Å²) in [5.41, 5.74) is 1.29. The molecule has 3 heteroatoms. The second kappa shape index (κ2) is 4.00. The number of hydrogen-bond acceptors (Lipinski definition) is 3. The lowest BCUT2D eigenvalue weighted by Crippen LogP contribution is -1.90. The Balaban J connectivity index is 2.86. The van der Waals surface area contributed by atoms with Crippen LogP contribution in [0.5, 0.6) is 0 Å². The summed E-state index contributed by atoms with van der Waals surface area (Å²) >= 11 is 0. The average molecular weight is 158 g/mol. The normalized spacial score (nSPS) is 8.17. The molecular formula is C9H6N2O. The van der Waals surface area contributed by atoms with E-state index in [1.165, 1.54) is 0 Å². The lowest BCUT2D eigenvalue weighted by Gasteiger charge is -1.98. The van der Waals surface area contributed by atoms with E-state index in [4.69, 9.17) is 10.5 Å². The molecule has 3 nitrogen and oxygen atoms in total. The summed E-state index contributed by atoms with van der Waals surface area (Å²) in [5, 5.41) is 16.8. The van der Waals surface area contributed by atoms with Crippen molar-refractivity contribution in [2.24, 2.45) is 0 Å². The van der Waals surface area contributed by atoms with Crippen LogP contribution in [-0.4, -0.2) is 0 Å². The summed E-state index contributed by atoms with van der Waals surface area (Å²) in [5.74, 6) is 0. The smallest absolute Gasteiger partial charge is 0.286 e. The van der Waals surface area contributed by atoms with Crippen molar-refractivity contribution < 1.29 is 4.74 Å². The van der Waals surface area contributed by atoms with Crippen LogP contribution < -0.4 is 0 Å². The van der Waals surface area contributed by atoms with Crippen LogP contribution in [0.25, 0.3) is 0 Å². The van der Waals surface area contributed by atoms with Gasteiger partial charge in [-0.05, 0) is 6.07 Å². The van der Waals surface area contributed by atoms with E-state index in [2.05, 4.69) is 4.74 Å². The lowest BCUT2D eigenvalue weighted by atomic mass is 10.1. The molecule has 0 spiro atoms. The maximum absolute atomic E-state index is 8.63. The van der Waals surface area contributed by atoms with Gasteiger partial charge in [0.2, 0.25) is 0 Å². The highest BCUT2D eigenvalue weighted by molar-refractivity contribution is 5.36. The maximum Gasteiger partial charge on any atom is 0.286 e. The number of ether oxygens (including phenoxy) is 1. The molecule has 0 N–H and O–H groups in total. The molecule has 0 radical (unpaired) electrons. The second-order valence-electron chi connectivity index (χ2n) is 2.15. The fourth-order valence-corrected chi connectivity index (χ4v) is 0.865. The van der Waals surface area contributed by atoms with Gasteiger partial charge in [-0.3, -0.25) is 0 Å². The molecule has 0 atom stereocenters. The zero-order valence-electron chi connectivity index (χ0n) is 6.32. The van der Waals surface area contributed by atoms with E-state index in [-0.39, 0.29) is 6.61 Å². The van der Waals surface area contributed by atoms with Gasteiger partial charge in [0.15, 0.2) is 0 Å². The van der Waals surface area contributed by atoms with Gasteiger partial charge < -0.3 is 4.74 Å². The molecule has 0 unspecified atom stereocenters. The van der Waals surface area contributed by atoms with Gasteiger partial charge in [-0.2, -0.15) is 10.5 Å². The Kier molecular flexibility index (Phi) is 2.70. The van der Waals surface area contributed by atoms with Crippen LogP contribution in [0.4, 0.5) is 0 Å². The predicted octanol–water partition coefficient (Wildman–Crippen LogP) is 1.56. The number of hydrogen-bond donors (Lipinski definition) is 0. The first kappa shape index (κ1) is 8.10. The van der Waals surface area contributed by atoms with Crippen LogP contribution in [-0.2, 0) is 11.3 Å². The highest BCUT2D eigenvalue weighted by Crippen LogP contribution is 2.07. The van der Waals surface area contributed by atoms with Crippen molar-refractivity contribution in [3.05, 3.63) is 35.4 Å². The van der Waals surface area contributed by atoms with Gasteiger partial charge in [-0.15, -0.1) is 0 Å². The average Bonchev–Trinajstić information content (AvgIpc) is 2.15. The second-order valence-corrected chi connectivity index (χ2v) is 2.15. The van der Waals surface area contributed by atoms with Crippen LogP contribution >= 0.6 is 0 Å². The molecule has 0 aliphatic rings. The number of benzene rings is 1. The molecule has 0 amide bonds. The molecule has 1 rings (SSSR count). The summed E-state index contributed by atoms with van der Waals surface area (Å²) in [6.07, 6.45) is 1.56. The minimum atomic E-state index is 0.167. The molecule has 12 heavy (non-hydrogen) atoms. The van der Waals surface area contributed by atoms with Gasteiger partial charge in [0.1, 0.15) is 6.61 Å². The van der Waals surface area contributed by atoms with Crippen molar-refractivity contribution in [1.29, 1.82) is 10.5 Å². The van der Waals surface area contributed by atoms with E-state index in [1.807, 2.05) is 6.07 Å². The molecular weight excluding hydrogens is 152 g/mol. The van der Waals surface area contributed by atoms with Crippen molar-refractivity contribution in [3.8, 4) is 12.3 Å². The minimum Gasteiger partial charge on any atom is -0.423 e. The third kappa shape index (κ3) is 1.74. The molecule has 0 saturated heterocycles.